The third-order valence-corrected chi connectivity index (χ3v) is 4.38. The SMILES string of the molecule is NS(=O)(=O)c1cc(C(=O)OCc2ccc([N+](=O)[O-])cc2)ccc1Cl. The van der Waals surface area contributed by atoms with Crippen LogP contribution in [0.25, 0.3) is 0 Å². The number of halogens is 1. The van der Waals surface area contributed by atoms with Crippen molar-refractivity contribution in [2.45, 2.75) is 11.5 Å². The van der Waals surface area contributed by atoms with Crippen LogP contribution in [0.15, 0.2) is 47.4 Å². The van der Waals surface area contributed by atoms with E-state index in [2.05, 4.69) is 0 Å². The molecule has 126 valence electrons. The van der Waals surface area contributed by atoms with Crippen molar-refractivity contribution in [3.05, 3.63) is 68.7 Å². The number of rotatable bonds is 5. The molecule has 0 aliphatic rings. The Balaban J connectivity index is 2.11. The van der Waals surface area contributed by atoms with E-state index in [1.807, 2.05) is 0 Å². The topological polar surface area (TPSA) is 130 Å². The van der Waals surface area contributed by atoms with Gasteiger partial charge in [-0.25, -0.2) is 18.4 Å². The zero-order valence-electron chi connectivity index (χ0n) is 12.0. The van der Waals surface area contributed by atoms with Gasteiger partial charge in [-0.15, -0.1) is 0 Å². The molecule has 0 radical (unpaired) electrons. The molecular formula is C14H11ClN2O6S. The lowest BCUT2D eigenvalue weighted by atomic mass is 10.2. The second-order valence-corrected chi connectivity index (χ2v) is 6.63. The molecule has 24 heavy (non-hydrogen) atoms. The van der Waals surface area contributed by atoms with Gasteiger partial charge in [-0.2, -0.15) is 0 Å². The molecular weight excluding hydrogens is 360 g/mol. The van der Waals surface area contributed by atoms with Crippen molar-refractivity contribution in [1.29, 1.82) is 0 Å². The fraction of sp³-hybridized carbons (Fsp3) is 0.0714. The van der Waals surface area contributed by atoms with Gasteiger partial charge in [-0.3, -0.25) is 10.1 Å². The number of primary sulfonamides is 1. The van der Waals surface area contributed by atoms with Crippen LogP contribution in [0.2, 0.25) is 5.02 Å². The summed E-state index contributed by atoms with van der Waals surface area (Å²) in [5.74, 6) is -0.782. The van der Waals surface area contributed by atoms with Gasteiger partial charge in [0.2, 0.25) is 10.0 Å². The Morgan fingerprint density at radius 1 is 1.21 bits per heavy atom. The summed E-state index contributed by atoms with van der Waals surface area (Å²) in [5, 5.41) is 15.5. The minimum atomic E-state index is -4.07. The van der Waals surface area contributed by atoms with Gasteiger partial charge >= 0.3 is 5.97 Å². The van der Waals surface area contributed by atoms with Crippen LogP contribution >= 0.6 is 11.6 Å². The first kappa shape index (κ1) is 17.9. The lowest BCUT2D eigenvalue weighted by Gasteiger charge is -2.07. The van der Waals surface area contributed by atoms with Crippen LogP contribution in [-0.2, 0) is 21.4 Å². The van der Waals surface area contributed by atoms with Crippen LogP contribution in [-0.4, -0.2) is 19.3 Å². The summed E-state index contributed by atoms with van der Waals surface area (Å²) in [6, 6.07) is 9.01. The van der Waals surface area contributed by atoms with E-state index in [4.69, 9.17) is 21.5 Å². The first-order chi connectivity index (χ1) is 11.2. The predicted octanol–water partition coefficient (Wildman–Crippen LogP) is 2.25. The maximum absolute atomic E-state index is 12.0. The third-order valence-electron chi connectivity index (χ3n) is 2.99. The first-order valence-electron chi connectivity index (χ1n) is 6.41. The summed E-state index contributed by atoms with van der Waals surface area (Å²) in [4.78, 5) is 21.6. The standard InChI is InChI=1S/C14H11ClN2O6S/c15-12-6-3-10(7-13(12)24(16,21)22)14(18)23-8-9-1-4-11(5-2-9)17(19)20/h1-7H,8H2,(H2,16,21,22). The van der Waals surface area contributed by atoms with Gasteiger partial charge in [0.15, 0.2) is 0 Å². The highest BCUT2D eigenvalue weighted by Crippen LogP contribution is 2.22. The molecule has 0 atom stereocenters. The zero-order chi connectivity index (χ0) is 17.9. The minimum absolute atomic E-state index is 0.0367. The number of non-ortho nitro benzene ring substituents is 1. The number of nitrogens with two attached hydrogens (primary N) is 1. The Hall–Kier alpha value is -2.49. The highest BCUT2D eigenvalue weighted by atomic mass is 35.5. The average Bonchev–Trinajstić information content (AvgIpc) is 2.52. The van der Waals surface area contributed by atoms with Gasteiger partial charge in [-0.05, 0) is 35.9 Å². The molecule has 2 rings (SSSR count). The van der Waals surface area contributed by atoms with Crippen molar-refractivity contribution in [2.24, 2.45) is 5.14 Å². The van der Waals surface area contributed by atoms with E-state index in [-0.39, 0.29) is 27.8 Å². The van der Waals surface area contributed by atoms with Gasteiger partial charge in [0.25, 0.3) is 5.69 Å². The van der Waals surface area contributed by atoms with Crippen LogP contribution < -0.4 is 5.14 Å². The minimum Gasteiger partial charge on any atom is -0.457 e. The van der Waals surface area contributed by atoms with E-state index in [0.717, 1.165) is 6.07 Å². The number of nitro groups is 1. The number of ether oxygens (including phenoxy) is 1. The fourth-order valence-electron chi connectivity index (χ4n) is 1.79. The molecule has 10 heteroatoms. The van der Waals surface area contributed by atoms with E-state index in [0.29, 0.717) is 5.56 Å². The lowest BCUT2D eigenvalue weighted by molar-refractivity contribution is -0.384. The molecule has 8 nitrogen and oxygen atoms in total. The predicted molar refractivity (Wildman–Crippen MR) is 85.0 cm³/mol. The molecule has 0 unspecified atom stereocenters. The molecule has 0 fully saturated rings. The molecule has 2 aromatic carbocycles. The quantitative estimate of drug-likeness (QED) is 0.488. The molecule has 0 bridgehead atoms. The number of hydrogen-bond acceptors (Lipinski definition) is 6. The monoisotopic (exact) mass is 370 g/mol. The van der Waals surface area contributed by atoms with Gasteiger partial charge < -0.3 is 4.74 Å². The summed E-state index contributed by atoms with van der Waals surface area (Å²) in [6.45, 7) is -0.135. The molecule has 0 aromatic heterocycles. The number of nitrogens with zero attached hydrogens (tertiary/aromatic N) is 1. The molecule has 0 aliphatic heterocycles. The van der Waals surface area contributed by atoms with E-state index in [9.17, 15) is 23.3 Å². The van der Waals surface area contributed by atoms with Gasteiger partial charge in [0.1, 0.15) is 11.5 Å². The number of carbonyl (C=O) groups is 1. The van der Waals surface area contributed by atoms with Crippen molar-refractivity contribution in [2.75, 3.05) is 0 Å². The van der Waals surface area contributed by atoms with Gasteiger partial charge in [0, 0.05) is 12.1 Å². The molecule has 0 saturated heterocycles. The maximum Gasteiger partial charge on any atom is 0.338 e. The molecule has 2 N–H and O–H groups in total. The number of benzene rings is 2. The van der Waals surface area contributed by atoms with Crippen molar-refractivity contribution in [1.82, 2.24) is 0 Å². The number of hydrogen-bond donors (Lipinski definition) is 1. The highest BCUT2D eigenvalue weighted by molar-refractivity contribution is 7.89. The normalized spacial score (nSPS) is 11.1. The fourth-order valence-corrected chi connectivity index (χ4v) is 2.87. The number of esters is 1. The Kier molecular flexibility index (Phi) is 5.17. The second-order valence-electron chi connectivity index (χ2n) is 4.69. The number of carbonyl (C=O) groups excluding carboxylic acids is 1. The maximum atomic E-state index is 12.0. The van der Waals surface area contributed by atoms with Gasteiger partial charge in [-0.1, -0.05) is 11.6 Å². The highest BCUT2D eigenvalue weighted by Gasteiger charge is 2.17. The zero-order valence-corrected chi connectivity index (χ0v) is 13.6. The van der Waals surface area contributed by atoms with Crippen LogP contribution in [0.3, 0.4) is 0 Å². The molecule has 0 heterocycles. The molecule has 0 saturated carbocycles. The van der Waals surface area contributed by atoms with Gasteiger partial charge in [0.05, 0.1) is 15.5 Å². The molecule has 2 aromatic rings. The third kappa shape index (κ3) is 4.28. The van der Waals surface area contributed by atoms with Crippen LogP contribution in [0.5, 0.6) is 0 Å². The lowest BCUT2D eigenvalue weighted by Crippen LogP contribution is -2.14. The van der Waals surface area contributed by atoms with E-state index >= 15 is 0 Å². The summed E-state index contributed by atoms with van der Waals surface area (Å²) >= 11 is 5.73. The smallest absolute Gasteiger partial charge is 0.338 e. The average molecular weight is 371 g/mol. The van der Waals surface area contributed by atoms with Crippen molar-refractivity contribution in [3.8, 4) is 0 Å². The van der Waals surface area contributed by atoms with Crippen molar-refractivity contribution >= 4 is 33.3 Å². The molecule has 0 amide bonds. The molecule has 0 aliphatic carbocycles. The van der Waals surface area contributed by atoms with Crippen LogP contribution in [0.1, 0.15) is 15.9 Å². The van der Waals surface area contributed by atoms with E-state index < -0.39 is 20.9 Å². The van der Waals surface area contributed by atoms with Crippen molar-refractivity contribution in [3.63, 3.8) is 0 Å². The van der Waals surface area contributed by atoms with Crippen LogP contribution in [0, 0.1) is 10.1 Å². The summed E-state index contributed by atoms with van der Waals surface area (Å²) in [7, 11) is -4.07. The summed E-state index contributed by atoms with van der Waals surface area (Å²) in [5.41, 5.74) is 0.417. The number of sulfonamides is 1. The summed E-state index contributed by atoms with van der Waals surface area (Å²) < 4.78 is 27.8. The summed E-state index contributed by atoms with van der Waals surface area (Å²) in [6.07, 6.45) is 0. The second kappa shape index (κ2) is 6.95. The Morgan fingerprint density at radius 3 is 2.38 bits per heavy atom. The first-order valence-corrected chi connectivity index (χ1v) is 8.34. The van der Waals surface area contributed by atoms with E-state index in [1.54, 1.807) is 0 Å². The van der Waals surface area contributed by atoms with Crippen LogP contribution in [0.4, 0.5) is 5.69 Å². The van der Waals surface area contributed by atoms with Crippen molar-refractivity contribution < 1.29 is 22.9 Å². The Labute approximate surface area is 142 Å². The largest absolute Gasteiger partial charge is 0.457 e. The number of nitro benzene ring substituents is 1. The van der Waals surface area contributed by atoms with E-state index in [1.165, 1.54) is 36.4 Å². The Bertz CT molecular complexity index is 896. The Morgan fingerprint density at radius 2 is 1.83 bits per heavy atom. The molecule has 0 spiro atoms.